The molecule has 0 N–H and O–H groups in total. The van der Waals surface area contributed by atoms with Gasteiger partial charge in [0.15, 0.2) is 0 Å². The summed E-state index contributed by atoms with van der Waals surface area (Å²) in [7, 11) is -2.68. The van der Waals surface area contributed by atoms with E-state index in [-0.39, 0.29) is 11.1 Å². The van der Waals surface area contributed by atoms with Gasteiger partial charge in [0, 0.05) is 6.07 Å². The molecule has 0 aliphatic carbocycles. The fourth-order valence-corrected chi connectivity index (χ4v) is 8.47. The molecule has 3 nitrogen and oxygen atoms in total. The summed E-state index contributed by atoms with van der Waals surface area (Å²) in [5.74, 6) is 1.41. The molecule has 0 aromatic heterocycles. The van der Waals surface area contributed by atoms with Crippen molar-refractivity contribution in [2.24, 2.45) is 0 Å². The molecule has 1 aliphatic rings. The van der Waals surface area contributed by atoms with Gasteiger partial charge in [0.1, 0.15) is 24.2 Å². The third-order valence-corrected chi connectivity index (χ3v) is 10.7. The molecule has 0 unspecified atom stereocenters. The van der Waals surface area contributed by atoms with Gasteiger partial charge in [-0.25, -0.2) is 0 Å². The average Bonchev–Trinajstić information content (AvgIpc) is 3.56. The highest BCUT2D eigenvalue weighted by molar-refractivity contribution is 7.00. The Morgan fingerprint density at radius 3 is 1.97 bits per heavy atom. The Hall–Kier alpha value is -2.27. The molecule has 5 heteroatoms. The molecule has 3 aromatic rings. The lowest BCUT2D eigenvalue weighted by atomic mass is 10.2. The summed E-state index contributed by atoms with van der Waals surface area (Å²) in [6, 6.07) is 26.8. The third-order valence-electron chi connectivity index (χ3n) is 5.42. The highest BCUT2D eigenvalue weighted by atomic mass is 35.5. The van der Waals surface area contributed by atoms with Gasteiger partial charge >= 0.3 is 8.32 Å². The van der Waals surface area contributed by atoms with Crippen molar-refractivity contribution in [3.8, 4) is 11.5 Å². The Kier molecular flexibility index (Phi) is 5.92. The SMILES string of the molecule is CC(C)(C)[Si](Oc1ccc(OC[C@@H]2CO2)c(Cl)c1)(c1ccccc1)c1ccccc1. The van der Waals surface area contributed by atoms with E-state index in [1.54, 1.807) is 0 Å². The maximum absolute atomic E-state index is 6.99. The molecule has 0 bridgehead atoms. The zero-order valence-corrected chi connectivity index (χ0v) is 19.4. The van der Waals surface area contributed by atoms with Crippen molar-refractivity contribution < 1.29 is 13.9 Å². The fraction of sp³-hybridized carbons (Fsp3) is 0.280. The normalized spacial score (nSPS) is 16.2. The van der Waals surface area contributed by atoms with Gasteiger partial charge in [-0.1, -0.05) is 93.0 Å². The smallest absolute Gasteiger partial charge is 0.319 e. The van der Waals surface area contributed by atoms with Gasteiger partial charge in [0.25, 0.3) is 0 Å². The number of hydrogen-bond donors (Lipinski definition) is 0. The van der Waals surface area contributed by atoms with Crippen molar-refractivity contribution in [2.45, 2.75) is 31.9 Å². The standard InChI is InChI=1S/C25H27ClO3Si/c1-25(2,3)30(21-10-6-4-7-11-21,22-12-8-5-9-13-22)29-19-14-15-24(23(26)16-19)28-18-20-17-27-20/h4-16,20H,17-18H2,1-3H3/t20-/m0/s1. The summed E-state index contributed by atoms with van der Waals surface area (Å²) in [5.41, 5.74) is 0. The van der Waals surface area contributed by atoms with Gasteiger partial charge in [-0.05, 0) is 27.5 Å². The lowest BCUT2D eigenvalue weighted by Gasteiger charge is -2.43. The van der Waals surface area contributed by atoms with E-state index in [4.69, 9.17) is 25.5 Å². The van der Waals surface area contributed by atoms with Crippen LogP contribution >= 0.6 is 11.6 Å². The van der Waals surface area contributed by atoms with E-state index in [2.05, 4.69) is 69.3 Å². The largest absolute Gasteiger partial charge is 0.534 e. The van der Waals surface area contributed by atoms with E-state index in [0.717, 1.165) is 12.4 Å². The van der Waals surface area contributed by atoms with Crippen LogP contribution in [-0.4, -0.2) is 27.6 Å². The number of rotatable bonds is 7. The van der Waals surface area contributed by atoms with Crippen molar-refractivity contribution >= 4 is 30.3 Å². The molecule has 0 saturated carbocycles. The quantitative estimate of drug-likeness (QED) is 0.381. The van der Waals surface area contributed by atoms with Crippen molar-refractivity contribution in [3.63, 3.8) is 0 Å². The second kappa shape index (κ2) is 8.46. The summed E-state index contributed by atoms with van der Waals surface area (Å²) in [6.07, 6.45) is 0.189. The molecule has 0 radical (unpaired) electrons. The third kappa shape index (κ3) is 4.27. The van der Waals surface area contributed by atoms with E-state index in [9.17, 15) is 0 Å². The summed E-state index contributed by atoms with van der Waals surface area (Å²) in [4.78, 5) is 0. The molecule has 1 saturated heterocycles. The molecular weight excluding hydrogens is 412 g/mol. The van der Waals surface area contributed by atoms with Gasteiger partial charge in [0.2, 0.25) is 0 Å². The van der Waals surface area contributed by atoms with E-state index < -0.39 is 8.32 Å². The molecule has 4 rings (SSSR count). The first-order valence-electron chi connectivity index (χ1n) is 10.2. The molecule has 1 fully saturated rings. The van der Waals surface area contributed by atoms with Crippen molar-refractivity contribution in [1.29, 1.82) is 0 Å². The molecule has 3 aromatic carbocycles. The first kappa shape index (κ1) is 21.0. The van der Waals surface area contributed by atoms with Crippen molar-refractivity contribution in [1.82, 2.24) is 0 Å². The Balaban J connectivity index is 1.76. The van der Waals surface area contributed by atoms with Gasteiger partial charge in [-0.2, -0.15) is 0 Å². The monoisotopic (exact) mass is 438 g/mol. The summed E-state index contributed by atoms with van der Waals surface area (Å²) in [5, 5.41) is 2.89. The average molecular weight is 439 g/mol. The fourth-order valence-electron chi connectivity index (χ4n) is 3.84. The number of ether oxygens (including phenoxy) is 2. The van der Waals surface area contributed by atoms with Gasteiger partial charge in [-0.15, -0.1) is 0 Å². The van der Waals surface area contributed by atoms with E-state index in [0.29, 0.717) is 17.4 Å². The van der Waals surface area contributed by atoms with Crippen LogP contribution in [0.15, 0.2) is 78.9 Å². The van der Waals surface area contributed by atoms with Crippen molar-refractivity contribution in [3.05, 3.63) is 83.9 Å². The van der Waals surface area contributed by atoms with Crippen LogP contribution in [0.2, 0.25) is 10.1 Å². The first-order chi connectivity index (χ1) is 14.4. The summed E-state index contributed by atoms with van der Waals surface area (Å²) >= 11 is 6.54. The van der Waals surface area contributed by atoms with E-state index >= 15 is 0 Å². The minimum Gasteiger partial charge on any atom is -0.534 e. The lowest BCUT2D eigenvalue weighted by Crippen LogP contribution is -2.68. The molecule has 0 amide bonds. The maximum Gasteiger partial charge on any atom is 0.319 e. The second-order valence-electron chi connectivity index (χ2n) is 8.62. The molecule has 1 aliphatic heterocycles. The Bertz CT molecular complexity index is 943. The summed E-state index contributed by atoms with van der Waals surface area (Å²) in [6.45, 7) is 8.05. The first-order valence-corrected chi connectivity index (χ1v) is 12.5. The highest BCUT2D eigenvalue weighted by Gasteiger charge is 2.52. The summed E-state index contributed by atoms with van der Waals surface area (Å²) < 4.78 is 18.0. The molecule has 1 atom stereocenters. The van der Waals surface area contributed by atoms with E-state index in [1.165, 1.54) is 10.4 Å². The number of halogens is 1. The lowest BCUT2D eigenvalue weighted by molar-refractivity contribution is 0.263. The van der Waals surface area contributed by atoms with Gasteiger partial charge in [0.05, 0.1) is 11.6 Å². The van der Waals surface area contributed by atoms with Crippen LogP contribution in [0.25, 0.3) is 0 Å². The minimum absolute atomic E-state index is 0.110. The van der Waals surface area contributed by atoms with Crippen LogP contribution in [0.4, 0.5) is 0 Å². The Labute approximate surface area is 184 Å². The molecule has 0 spiro atoms. The van der Waals surface area contributed by atoms with Gasteiger partial charge < -0.3 is 13.9 Å². The number of epoxide rings is 1. The molecular formula is C25H27ClO3Si. The van der Waals surface area contributed by atoms with Crippen LogP contribution in [0.5, 0.6) is 11.5 Å². The molecule has 156 valence electrons. The highest BCUT2D eigenvalue weighted by Crippen LogP contribution is 2.39. The zero-order chi connectivity index (χ0) is 21.2. The Morgan fingerprint density at radius 2 is 1.50 bits per heavy atom. The van der Waals surface area contributed by atoms with Crippen LogP contribution in [0.3, 0.4) is 0 Å². The van der Waals surface area contributed by atoms with Crippen LogP contribution in [-0.2, 0) is 4.74 Å². The second-order valence-corrected chi connectivity index (χ2v) is 13.3. The predicted molar refractivity (Wildman–Crippen MR) is 125 cm³/mol. The van der Waals surface area contributed by atoms with Crippen LogP contribution in [0, 0.1) is 0 Å². The predicted octanol–water partition coefficient (Wildman–Crippen LogP) is 5.06. The topological polar surface area (TPSA) is 31.0 Å². The maximum atomic E-state index is 6.99. The van der Waals surface area contributed by atoms with Crippen LogP contribution in [0.1, 0.15) is 20.8 Å². The molecule has 1 heterocycles. The number of hydrogen-bond acceptors (Lipinski definition) is 3. The van der Waals surface area contributed by atoms with Crippen molar-refractivity contribution in [2.75, 3.05) is 13.2 Å². The van der Waals surface area contributed by atoms with Gasteiger partial charge in [-0.3, -0.25) is 0 Å². The zero-order valence-electron chi connectivity index (χ0n) is 17.6. The molecule has 30 heavy (non-hydrogen) atoms. The van der Waals surface area contributed by atoms with Crippen LogP contribution < -0.4 is 19.5 Å². The minimum atomic E-state index is -2.68. The van der Waals surface area contributed by atoms with E-state index in [1.807, 2.05) is 30.3 Å². The number of benzene rings is 3. The Morgan fingerprint density at radius 1 is 0.933 bits per heavy atom.